The molecule has 3 heterocycles. The fraction of sp³-hybridized carbons (Fsp3) is 0.368. The molecule has 0 radical (unpaired) electrons. The van der Waals surface area contributed by atoms with E-state index >= 15 is 0 Å². The van der Waals surface area contributed by atoms with Crippen LogP contribution in [0.15, 0.2) is 43.9 Å². The Morgan fingerprint density at radius 1 is 1.32 bits per heavy atom. The molecular formula is C19H20N2O4. The summed E-state index contributed by atoms with van der Waals surface area (Å²) in [5.41, 5.74) is 1.34. The minimum Gasteiger partial charge on any atom is -0.466 e. The first-order chi connectivity index (χ1) is 11.9. The summed E-state index contributed by atoms with van der Waals surface area (Å²) in [5.74, 6) is 2.52. The van der Waals surface area contributed by atoms with Crippen molar-refractivity contribution in [1.82, 2.24) is 10.5 Å². The topological polar surface area (TPSA) is 81.4 Å². The second-order valence-corrected chi connectivity index (χ2v) is 7.36. The maximum Gasteiger partial charge on any atom is 0.273 e. The number of aromatic nitrogens is 1. The number of rotatable bonds is 3. The van der Waals surface area contributed by atoms with Crippen molar-refractivity contribution in [2.24, 2.45) is 5.41 Å². The van der Waals surface area contributed by atoms with Gasteiger partial charge in [-0.1, -0.05) is 19.0 Å². The molecule has 4 rings (SSSR count). The van der Waals surface area contributed by atoms with Gasteiger partial charge < -0.3 is 18.7 Å². The van der Waals surface area contributed by atoms with Crippen LogP contribution in [0.3, 0.4) is 0 Å². The lowest BCUT2D eigenvalue weighted by Gasteiger charge is -2.34. The summed E-state index contributed by atoms with van der Waals surface area (Å²) in [7, 11) is 0. The van der Waals surface area contributed by atoms with Crippen LogP contribution in [0.25, 0.3) is 11.5 Å². The Bertz CT molecular complexity index is 902. The summed E-state index contributed by atoms with van der Waals surface area (Å²) in [5, 5.41) is 6.93. The highest BCUT2D eigenvalue weighted by molar-refractivity contribution is 5.93. The summed E-state index contributed by atoms with van der Waals surface area (Å²) in [4.78, 5) is 12.6. The van der Waals surface area contributed by atoms with E-state index in [2.05, 4.69) is 24.3 Å². The molecule has 6 heteroatoms. The van der Waals surface area contributed by atoms with E-state index in [0.29, 0.717) is 11.5 Å². The molecule has 0 aromatic carbocycles. The van der Waals surface area contributed by atoms with Gasteiger partial charge in [0.05, 0.1) is 12.3 Å². The zero-order chi connectivity index (χ0) is 17.6. The maximum absolute atomic E-state index is 12.6. The van der Waals surface area contributed by atoms with E-state index < -0.39 is 0 Å². The standard InChI is InChI=1S/C19H20N2O4/c1-11-7-12-14(9-19(2,3)10-17(12)24-11)20-18(22)13-8-16(25-21-13)15-5-4-6-23-15/h4-8,14H,9-10H2,1-3H3,(H,20,22). The first kappa shape index (κ1) is 15.7. The predicted octanol–water partition coefficient (Wildman–Crippen LogP) is 4.28. The van der Waals surface area contributed by atoms with E-state index in [1.54, 1.807) is 24.5 Å². The molecule has 0 bridgehead atoms. The first-order valence-electron chi connectivity index (χ1n) is 8.32. The average molecular weight is 340 g/mol. The largest absolute Gasteiger partial charge is 0.466 e. The third-order valence-corrected chi connectivity index (χ3v) is 4.55. The molecule has 1 unspecified atom stereocenters. The summed E-state index contributed by atoms with van der Waals surface area (Å²) < 4.78 is 16.3. The Kier molecular flexibility index (Phi) is 3.56. The van der Waals surface area contributed by atoms with Crippen LogP contribution in [0.2, 0.25) is 0 Å². The van der Waals surface area contributed by atoms with Crippen LogP contribution < -0.4 is 5.32 Å². The smallest absolute Gasteiger partial charge is 0.273 e. The summed E-state index contributed by atoms with van der Waals surface area (Å²) >= 11 is 0. The van der Waals surface area contributed by atoms with Crippen molar-refractivity contribution in [3.05, 3.63) is 53.3 Å². The molecule has 0 fully saturated rings. The number of amides is 1. The lowest BCUT2D eigenvalue weighted by atomic mass is 9.74. The van der Waals surface area contributed by atoms with Crippen LogP contribution in [0, 0.1) is 12.3 Å². The molecule has 1 aliphatic rings. The quantitative estimate of drug-likeness (QED) is 0.769. The molecule has 1 N–H and O–H groups in total. The molecule has 1 aliphatic carbocycles. The van der Waals surface area contributed by atoms with Gasteiger partial charge in [0, 0.05) is 18.1 Å². The predicted molar refractivity (Wildman–Crippen MR) is 90.0 cm³/mol. The molecule has 0 aliphatic heterocycles. The fourth-order valence-electron chi connectivity index (χ4n) is 3.46. The van der Waals surface area contributed by atoms with Crippen molar-refractivity contribution in [2.45, 2.75) is 39.7 Å². The van der Waals surface area contributed by atoms with Crippen LogP contribution in [0.4, 0.5) is 0 Å². The lowest BCUT2D eigenvalue weighted by Crippen LogP contribution is -2.36. The van der Waals surface area contributed by atoms with Gasteiger partial charge in [0.15, 0.2) is 11.5 Å². The number of nitrogens with one attached hydrogen (secondary N) is 1. The van der Waals surface area contributed by atoms with Gasteiger partial charge in [0.25, 0.3) is 5.91 Å². The number of hydrogen-bond acceptors (Lipinski definition) is 5. The van der Waals surface area contributed by atoms with E-state index in [9.17, 15) is 4.79 Å². The zero-order valence-electron chi connectivity index (χ0n) is 14.5. The molecule has 0 spiro atoms. The highest BCUT2D eigenvalue weighted by Crippen LogP contribution is 2.42. The van der Waals surface area contributed by atoms with Gasteiger partial charge in [0.2, 0.25) is 5.76 Å². The highest BCUT2D eigenvalue weighted by atomic mass is 16.5. The Hall–Kier alpha value is -2.76. The average Bonchev–Trinajstić information content (AvgIpc) is 3.25. The molecule has 0 saturated heterocycles. The summed E-state index contributed by atoms with van der Waals surface area (Å²) in [6.07, 6.45) is 3.26. The van der Waals surface area contributed by atoms with Crippen molar-refractivity contribution in [3.8, 4) is 11.5 Å². The number of hydrogen-bond donors (Lipinski definition) is 1. The van der Waals surface area contributed by atoms with E-state index in [-0.39, 0.29) is 23.1 Å². The minimum absolute atomic E-state index is 0.0540. The third-order valence-electron chi connectivity index (χ3n) is 4.55. The number of furan rings is 2. The van der Waals surface area contributed by atoms with E-state index in [1.165, 1.54) is 0 Å². The van der Waals surface area contributed by atoms with Crippen LogP contribution in [0.1, 0.15) is 53.9 Å². The Balaban J connectivity index is 1.56. The normalized spacial score (nSPS) is 18.8. The van der Waals surface area contributed by atoms with Gasteiger partial charge >= 0.3 is 0 Å². The van der Waals surface area contributed by atoms with Gasteiger partial charge in [-0.2, -0.15) is 0 Å². The second kappa shape index (κ2) is 5.65. The number of nitrogens with zero attached hydrogens (tertiary/aromatic N) is 1. The van der Waals surface area contributed by atoms with Crippen LogP contribution in [0.5, 0.6) is 0 Å². The number of carbonyl (C=O) groups is 1. The maximum atomic E-state index is 12.6. The van der Waals surface area contributed by atoms with Crippen LogP contribution >= 0.6 is 0 Å². The second-order valence-electron chi connectivity index (χ2n) is 7.36. The van der Waals surface area contributed by atoms with Gasteiger partial charge in [-0.25, -0.2) is 0 Å². The molecule has 3 aromatic rings. The monoisotopic (exact) mass is 340 g/mol. The molecular weight excluding hydrogens is 320 g/mol. The van der Waals surface area contributed by atoms with Gasteiger partial charge in [-0.05, 0) is 37.0 Å². The third kappa shape index (κ3) is 2.99. The first-order valence-corrected chi connectivity index (χ1v) is 8.32. The molecule has 0 saturated carbocycles. The van der Waals surface area contributed by atoms with Crippen molar-refractivity contribution >= 4 is 5.91 Å². The van der Waals surface area contributed by atoms with Gasteiger partial charge in [-0.15, -0.1) is 0 Å². The lowest BCUT2D eigenvalue weighted by molar-refractivity contribution is 0.0908. The summed E-state index contributed by atoms with van der Waals surface area (Å²) in [6, 6.07) is 7.00. The van der Waals surface area contributed by atoms with Crippen molar-refractivity contribution < 1.29 is 18.2 Å². The Labute approximate surface area is 145 Å². The SMILES string of the molecule is Cc1cc2c(o1)CC(C)(C)CC2NC(=O)c1cc(-c2ccco2)on1. The molecule has 1 atom stereocenters. The van der Waals surface area contributed by atoms with Crippen LogP contribution in [-0.4, -0.2) is 11.1 Å². The van der Waals surface area contributed by atoms with E-state index in [4.69, 9.17) is 13.4 Å². The highest BCUT2D eigenvalue weighted by Gasteiger charge is 2.36. The van der Waals surface area contributed by atoms with Crippen LogP contribution in [-0.2, 0) is 6.42 Å². The number of carbonyl (C=O) groups excluding carboxylic acids is 1. The fourth-order valence-corrected chi connectivity index (χ4v) is 3.46. The molecule has 25 heavy (non-hydrogen) atoms. The van der Waals surface area contributed by atoms with Gasteiger partial charge in [0.1, 0.15) is 11.5 Å². The summed E-state index contributed by atoms with van der Waals surface area (Å²) in [6.45, 7) is 6.29. The van der Waals surface area contributed by atoms with Crippen molar-refractivity contribution in [1.29, 1.82) is 0 Å². The number of fused-ring (bicyclic) bond motifs is 1. The molecule has 130 valence electrons. The van der Waals surface area contributed by atoms with E-state index in [0.717, 1.165) is 29.9 Å². The van der Waals surface area contributed by atoms with Gasteiger partial charge in [-0.3, -0.25) is 4.79 Å². The minimum atomic E-state index is -0.269. The van der Waals surface area contributed by atoms with Crippen molar-refractivity contribution in [2.75, 3.05) is 0 Å². The molecule has 3 aromatic heterocycles. The zero-order valence-corrected chi connectivity index (χ0v) is 14.5. The Morgan fingerprint density at radius 3 is 2.92 bits per heavy atom. The number of aryl methyl sites for hydroxylation is 1. The Morgan fingerprint density at radius 2 is 2.16 bits per heavy atom. The van der Waals surface area contributed by atoms with Crippen molar-refractivity contribution in [3.63, 3.8) is 0 Å². The molecule has 6 nitrogen and oxygen atoms in total. The molecule has 1 amide bonds. The van der Waals surface area contributed by atoms with E-state index in [1.807, 2.05) is 13.0 Å².